The summed E-state index contributed by atoms with van der Waals surface area (Å²) in [6.45, 7) is 0. The molecule has 2 heterocycles. The van der Waals surface area contributed by atoms with E-state index < -0.39 is 0 Å². The zero-order valence-electron chi connectivity index (χ0n) is 8.70. The molecule has 1 aliphatic rings. The third-order valence-corrected chi connectivity index (χ3v) is 6.08. The van der Waals surface area contributed by atoms with Crippen molar-refractivity contribution in [3.8, 4) is 0 Å². The highest BCUT2D eigenvalue weighted by atomic mass is 35.5. The summed E-state index contributed by atoms with van der Waals surface area (Å²) in [5.74, 6) is 2.48. The van der Waals surface area contributed by atoms with Crippen LogP contribution in [-0.2, 0) is 0 Å². The predicted molar refractivity (Wildman–Crippen MR) is 75.6 cm³/mol. The number of aromatic nitrogens is 1. The van der Waals surface area contributed by atoms with Crippen LogP contribution in [0, 0.1) is 0 Å². The van der Waals surface area contributed by atoms with Crippen LogP contribution in [-0.4, -0.2) is 16.5 Å². The van der Waals surface area contributed by atoms with Gasteiger partial charge in [-0.25, -0.2) is 0 Å². The third kappa shape index (κ3) is 1.85. The van der Waals surface area contributed by atoms with E-state index >= 15 is 0 Å². The van der Waals surface area contributed by atoms with Gasteiger partial charge < -0.3 is 4.98 Å². The molecule has 1 N–H and O–H groups in total. The zero-order valence-corrected chi connectivity index (χ0v) is 11.1. The highest BCUT2D eigenvalue weighted by Gasteiger charge is 2.22. The molecular formula is C12H12ClNS2. The molecule has 0 bridgehead atoms. The lowest BCUT2D eigenvalue weighted by molar-refractivity contribution is 1.09. The molecule has 0 radical (unpaired) electrons. The van der Waals surface area contributed by atoms with Crippen molar-refractivity contribution >= 4 is 46.0 Å². The van der Waals surface area contributed by atoms with Gasteiger partial charge in [0.2, 0.25) is 0 Å². The molecule has 1 fully saturated rings. The molecule has 84 valence electrons. The smallest absolute Gasteiger partial charge is 0.0915 e. The number of para-hydroxylation sites is 1. The fourth-order valence-electron chi connectivity index (χ4n) is 1.95. The average Bonchev–Trinajstić information content (AvgIpc) is 2.69. The number of thioether (sulfide) groups is 2. The Kier molecular flexibility index (Phi) is 3.09. The first-order chi connectivity index (χ1) is 7.86. The Morgan fingerprint density at radius 1 is 1.19 bits per heavy atom. The normalized spacial score (nSPS) is 18.1. The van der Waals surface area contributed by atoms with Crippen LogP contribution in [0.25, 0.3) is 10.9 Å². The van der Waals surface area contributed by atoms with Crippen LogP contribution in [0.1, 0.15) is 16.7 Å². The lowest BCUT2D eigenvalue weighted by Gasteiger charge is -2.20. The van der Waals surface area contributed by atoms with E-state index in [2.05, 4.69) is 17.1 Å². The van der Waals surface area contributed by atoms with Crippen LogP contribution >= 0.6 is 35.1 Å². The topological polar surface area (TPSA) is 15.8 Å². The van der Waals surface area contributed by atoms with Gasteiger partial charge in [-0.05, 0) is 24.0 Å². The molecule has 4 heteroatoms. The van der Waals surface area contributed by atoms with Crippen molar-refractivity contribution in [3.05, 3.63) is 35.0 Å². The summed E-state index contributed by atoms with van der Waals surface area (Å²) in [5.41, 5.74) is 2.34. The quantitative estimate of drug-likeness (QED) is 0.808. The number of fused-ring (bicyclic) bond motifs is 1. The molecule has 2 aromatic rings. The third-order valence-electron chi connectivity index (χ3n) is 2.73. The van der Waals surface area contributed by atoms with E-state index in [0.29, 0.717) is 4.58 Å². The molecule has 1 aliphatic heterocycles. The van der Waals surface area contributed by atoms with Crippen molar-refractivity contribution < 1.29 is 0 Å². The number of halogens is 1. The van der Waals surface area contributed by atoms with E-state index in [1.165, 1.54) is 23.6 Å². The maximum absolute atomic E-state index is 6.43. The van der Waals surface area contributed by atoms with Gasteiger partial charge in [0.1, 0.15) is 0 Å². The number of hydrogen-bond acceptors (Lipinski definition) is 2. The fraction of sp³-hybridized carbons (Fsp3) is 0.333. The number of hydrogen-bond donors (Lipinski definition) is 1. The van der Waals surface area contributed by atoms with Crippen molar-refractivity contribution in [3.63, 3.8) is 0 Å². The molecule has 0 unspecified atom stereocenters. The molecule has 0 atom stereocenters. The summed E-state index contributed by atoms with van der Waals surface area (Å²) in [7, 11) is 0. The largest absolute Gasteiger partial charge is 0.356 e. The number of nitrogens with one attached hydrogen (secondary N) is 1. The van der Waals surface area contributed by atoms with Gasteiger partial charge in [-0.2, -0.15) is 0 Å². The Morgan fingerprint density at radius 2 is 1.94 bits per heavy atom. The van der Waals surface area contributed by atoms with Gasteiger partial charge >= 0.3 is 0 Å². The molecule has 0 spiro atoms. The Morgan fingerprint density at radius 3 is 2.69 bits per heavy atom. The van der Waals surface area contributed by atoms with E-state index in [9.17, 15) is 0 Å². The lowest BCUT2D eigenvalue weighted by atomic mass is 10.2. The standard InChI is InChI=1S/C12H12ClNS2/c13-10-8-4-1-2-5-9(8)14-11(10)12-15-6-3-7-16-12/h1-2,4-5,12,14H,3,6-7H2. The summed E-state index contributed by atoms with van der Waals surface area (Å²) < 4.78 is 0.480. The average molecular weight is 270 g/mol. The minimum atomic E-state index is 0.480. The molecule has 1 nitrogen and oxygen atoms in total. The van der Waals surface area contributed by atoms with E-state index in [4.69, 9.17) is 11.6 Å². The minimum Gasteiger partial charge on any atom is -0.356 e. The second-order valence-electron chi connectivity index (χ2n) is 3.83. The molecule has 3 rings (SSSR count). The minimum absolute atomic E-state index is 0.480. The summed E-state index contributed by atoms with van der Waals surface area (Å²) in [4.78, 5) is 3.46. The number of aromatic amines is 1. The van der Waals surface area contributed by atoms with Crippen LogP contribution in [0.3, 0.4) is 0 Å². The zero-order chi connectivity index (χ0) is 11.0. The van der Waals surface area contributed by atoms with Crippen LogP contribution < -0.4 is 0 Å². The van der Waals surface area contributed by atoms with Gasteiger partial charge in [0.15, 0.2) is 0 Å². The number of rotatable bonds is 1. The molecule has 1 aromatic carbocycles. The molecule has 1 aromatic heterocycles. The van der Waals surface area contributed by atoms with Gasteiger partial charge in [-0.15, -0.1) is 23.5 Å². The van der Waals surface area contributed by atoms with Gasteiger partial charge in [-0.1, -0.05) is 29.8 Å². The lowest BCUT2D eigenvalue weighted by Crippen LogP contribution is -2.00. The SMILES string of the molecule is Clc1c(C2SCCCS2)[nH]c2ccccc12. The van der Waals surface area contributed by atoms with Crippen molar-refractivity contribution in [2.45, 2.75) is 11.0 Å². The Hall–Kier alpha value is -0.250. The highest BCUT2D eigenvalue weighted by molar-refractivity contribution is 8.16. The number of H-pyrrole nitrogens is 1. The van der Waals surface area contributed by atoms with Gasteiger partial charge in [0, 0.05) is 10.9 Å². The first-order valence-electron chi connectivity index (χ1n) is 5.35. The summed E-state index contributed by atoms with van der Waals surface area (Å²) in [6.07, 6.45) is 1.31. The van der Waals surface area contributed by atoms with Crippen LogP contribution in [0.5, 0.6) is 0 Å². The van der Waals surface area contributed by atoms with Crippen LogP contribution in [0.15, 0.2) is 24.3 Å². The molecule has 0 amide bonds. The van der Waals surface area contributed by atoms with Crippen molar-refractivity contribution in [1.29, 1.82) is 0 Å². The predicted octanol–water partition coefficient (Wildman–Crippen LogP) is 4.69. The van der Waals surface area contributed by atoms with Crippen molar-refractivity contribution in [2.75, 3.05) is 11.5 Å². The maximum atomic E-state index is 6.43. The summed E-state index contributed by atoms with van der Waals surface area (Å²) in [5, 5.41) is 2.05. The van der Waals surface area contributed by atoms with E-state index in [-0.39, 0.29) is 0 Å². The van der Waals surface area contributed by atoms with E-state index in [1.54, 1.807) is 0 Å². The molecule has 0 saturated carbocycles. The Bertz CT molecular complexity index is 503. The van der Waals surface area contributed by atoms with Crippen molar-refractivity contribution in [1.82, 2.24) is 4.98 Å². The van der Waals surface area contributed by atoms with Crippen LogP contribution in [0.2, 0.25) is 5.02 Å². The second kappa shape index (κ2) is 4.55. The second-order valence-corrected chi connectivity index (χ2v) is 6.93. The Labute approximate surface area is 108 Å². The van der Waals surface area contributed by atoms with Crippen molar-refractivity contribution in [2.24, 2.45) is 0 Å². The highest BCUT2D eigenvalue weighted by Crippen LogP contribution is 2.47. The number of benzene rings is 1. The van der Waals surface area contributed by atoms with Gasteiger partial charge in [-0.3, -0.25) is 0 Å². The van der Waals surface area contributed by atoms with E-state index in [0.717, 1.165) is 15.9 Å². The fourth-order valence-corrected chi connectivity index (χ4v) is 5.28. The first-order valence-corrected chi connectivity index (χ1v) is 7.83. The molecule has 1 saturated heterocycles. The molecule has 0 aliphatic carbocycles. The molecule has 16 heavy (non-hydrogen) atoms. The summed E-state index contributed by atoms with van der Waals surface area (Å²) in [6, 6.07) is 8.24. The monoisotopic (exact) mass is 269 g/mol. The first kappa shape index (κ1) is 10.9. The molecular weight excluding hydrogens is 258 g/mol. The van der Waals surface area contributed by atoms with Gasteiger partial charge in [0.05, 0.1) is 15.3 Å². The van der Waals surface area contributed by atoms with Crippen LogP contribution in [0.4, 0.5) is 0 Å². The van der Waals surface area contributed by atoms with Gasteiger partial charge in [0.25, 0.3) is 0 Å². The summed E-state index contributed by atoms with van der Waals surface area (Å²) >= 11 is 10.4. The van der Waals surface area contributed by atoms with E-state index in [1.807, 2.05) is 35.7 Å². The Balaban J connectivity index is 2.05. The maximum Gasteiger partial charge on any atom is 0.0915 e.